The molecule has 0 spiro atoms. The van der Waals surface area contributed by atoms with Crippen LogP contribution in [0.15, 0.2) is 0 Å². The van der Waals surface area contributed by atoms with Gasteiger partial charge in [0.05, 0.1) is 14.7 Å². The molecule has 0 atom stereocenters. The molecule has 0 rings (SSSR count). The fourth-order valence-corrected chi connectivity index (χ4v) is 5.20. The largest absolute Gasteiger partial charge is 0.328 e. The van der Waals surface area contributed by atoms with E-state index in [2.05, 4.69) is 33.5 Å². The van der Waals surface area contributed by atoms with Crippen molar-refractivity contribution >= 4 is 28.4 Å². The zero-order chi connectivity index (χ0) is 12.8. The van der Waals surface area contributed by atoms with Gasteiger partial charge in [0, 0.05) is 4.75 Å². The van der Waals surface area contributed by atoms with Gasteiger partial charge in [0.2, 0.25) is 0 Å². The van der Waals surface area contributed by atoms with Crippen molar-refractivity contribution in [1.29, 1.82) is 0 Å². The van der Waals surface area contributed by atoms with Crippen LogP contribution < -0.4 is 0 Å². The summed E-state index contributed by atoms with van der Waals surface area (Å²) in [6.07, 6.45) is 2.00. The lowest BCUT2D eigenvalue weighted by Crippen LogP contribution is -2.34. The van der Waals surface area contributed by atoms with E-state index in [0.717, 1.165) is 12.8 Å². The molecule has 0 saturated carbocycles. The average molecular weight is 284 g/mol. The summed E-state index contributed by atoms with van der Waals surface area (Å²) in [7, 11) is -3.29. The second-order valence-electron chi connectivity index (χ2n) is 5.27. The Morgan fingerprint density at radius 1 is 1.19 bits per heavy atom. The van der Waals surface area contributed by atoms with Crippen molar-refractivity contribution in [1.82, 2.24) is 0 Å². The van der Waals surface area contributed by atoms with Crippen LogP contribution in [0, 0.1) is 0 Å². The van der Waals surface area contributed by atoms with E-state index in [1.54, 1.807) is 0 Å². The van der Waals surface area contributed by atoms with Gasteiger partial charge in [-0.25, -0.2) is 0 Å². The molecule has 0 bridgehead atoms. The van der Waals surface area contributed by atoms with Gasteiger partial charge in [-0.2, -0.15) is 11.8 Å². The average Bonchev–Trinajstić information content (AvgIpc) is 2.18. The molecule has 0 heterocycles. The summed E-state index contributed by atoms with van der Waals surface area (Å²) < 4.78 is 5.07. The predicted molar refractivity (Wildman–Crippen MR) is 76.4 cm³/mol. The molecule has 0 aromatic heterocycles. The van der Waals surface area contributed by atoms with Crippen LogP contribution in [0.2, 0.25) is 19.6 Å². The first-order chi connectivity index (χ1) is 7.24. The standard InChI is InChI=1S/C10H25O3PSSi/c1-6-10(7-2,8-13-14(11)12)15-9-16(3,4)5/h11-12H,6-9H2,1-5H3. The third kappa shape index (κ3) is 7.25. The Hall–Kier alpha value is 0.877. The molecule has 0 fully saturated rings. The van der Waals surface area contributed by atoms with Crippen LogP contribution in [0.5, 0.6) is 0 Å². The van der Waals surface area contributed by atoms with Crippen molar-refractivity contribution < 1.29 is 14.3 Å². The molecule has 2 N–H and O–H groups in total. The van der Waals surface area contributed by atoms with Gasteiger partial charge in [0.1, 0.15) is 0 Å². The minimum absolute atomic E-state index is 0.0479. The predicted octanol–water partition coefficient (Wildman–Crippen LogP) is 3.38. The fraction of sp³-hybridized carbons (Fsp3) is 1.00. The van der Waals surface area contributed by atoms with Crippen LogP contribution in [0.25, 0.3) is 0 Å². The van der Waals surface area contributed by atoms with Crippen molar-refractivity contribution in [2.24, 2.45) is 0 Å². The van der Waals surface area contributed by atoms with E-state index in [0.29, 0.717) is 6.61 Å². The SMILES string of the molecule is CCC(CC)(COP(O)O)SC[Si](C)(C)C. The highest BCUT2D eigenvalue weighted by molar-refractivity contribution is 8.02. The molecule has 0 aliphatic carbocycles. The third-order valence-corrected chi connectivity index (χ3v) is 8.25. The number of thioether (sulfide) groups is 1. The molecule has 0 aliphatic heterocycles. The molecule has 0 aromatic rings. The summed E-state index contributed by atoms with van der Waals surface area (Å²) in [6.45, 7) is 11.8. The molecule has 0 radical (unpaired) electrons. The summed E-state index contributed by atoms with van der Waals surface area (Å²) in [5.74, 6) is 0. The van der Waals surface area contributed by atoms with E-state index < -0.39 is 16.7 Å². The zero-order valence-electron chi connectivity index (χ0n) is 11.0. The first-order valence-corrected chi connectivity index (χ1v) is 11.6. The Labute approximate surface area is 106 Å². The van der Waals surface area contributed by atoms with Crippen molar-refractivity contribution in [3.05, 3.63) is 0 Å². The van der Waals surface area contributed by atoms with Crippen LogP contribution in [0.1, 0.15) is 26.7 Å². The lowest BCUT2D eigenvalue weighted by molar-refractivity contribution is 0.221. The molecule has 0 unspecified atom stereocenters. The number of hydrogen-bond acceptors (Lipinski definition) is 4. The van der Waals surface area contributed by atoms with Crippen molar-refractivity contribution in [3.63, 3.8) is 0 Å². The Bertz CT molecular complexity index is 193. The maximum Gasteiger partial charge on any atom is 0.327 e. The highest BCUT2D eigenvalue weighted by atomic mass is 32.2. The van der Waals surface area contributed by atoms with Crippen molar-refractivity contribution in [2.75, 3.05) is 12.0 Å². The Morgan fingerprint density at radius 2 is 1.69 bits per heavy atom. The van der Waals surface area contributed by atoms with E-state index in [4.69, 9.17) is 14.3 Å². The lowest BCUT2D eigenvalue weighted by Gasteiger charge is -2.33. The summed E-state index contributed by atoms with van der Waals surface area (Å²) in [6, 6.07) is 0. The van der Waals surface area contributed by atoms with Crippen LogP contribution in [-0.4, -0.2) is 34.6 Å². The van der Waals surface area contributed by atoms with Crippen LogP contribution in [0.4, 0.5) is 0 Å². The van der Waals surface area contributed by atoms with Gasteiger partial charge in [-0.05, 0) is 18.2 Å². The first kappa shape index (κ1) is 16.9. The molecule has 16 heavy (non-hydrogen) atoms. The molecule has 98 valence electrons. The van der Waals surface area contributed by atoms with E-state index in [9.17, 15) is 0 Å². The molecule has 3 nitrogen and oxygen atoms in total. The lowest BCUT2D eigenvalue weighted by atomic mass is 10.0. The van der Waals surface area contributed by atoms with Crippen LogP contribution in [0.3, 0.4) is 0 Å². The summed E-state index contributed by atoms with van der Waals surface area (Å²) in [5.41, 5.74) is 0. The summed E-state index contributed by atoms with van der Waals surface area (Å²) in [4.78, 5) is 17.7. The quantitative estimate of drug-likeness (QED) is 0.530. The van der Waals surface area contributed by atoms with Crippen molar-refractivity contribution in [3.8, 4) is 0 Å². The Morgan fingerprint density at radius 3 is 2.00 bits per heavy atom. The van der Waals surface area contributed by atoms with Crippen LogP contribution in [-0.2, 0) is 4.52 Å². The molecule has 0 amide bonds. The van der Waals surface area contributed by atoms with Gasteiger partial charge in [-0.1, -0.05) is 33.5 Å². The molecular formula is C10H25O3PSSi. The second-order valence-corrected chi connectivity index (χ2v) is 13.5. The van der Waals surface area contributed by atoms with E-state index in [-0.39, 0.29) is 4.75 Å². The molecular weight excluding hydrogens is 259 g/mol. The van der Waals surface area contributed by atoms with E-state index in [1.165, 1.54) is 5.38 Å². The van der Waals surface area contributed by atoms with Crippen molar-refractivity contribution in [2.45, 2.75) is 51.1 Å². The Balaban J connectivity index is 4.32. The monoisotopic (exact) mass is 284 g/mol. The van der Waals surface area contributed by atoms with Gasteiger partial charge >= 0.3 is 8.60 Å². The summed E-state index contributed by atoms with van der Waals surface area (Å²) in [5, 5.41) is 1.19. The van der Waals surface area contributed by atoms with E-state index >= 15 is 0 Å². The topological polar surface area (TPSA) is 49.7 Å². The summed E-state index contributed by atoms with van der Waals surface area (Å²) >= 11 is 1.94. The normalized spacial score (nSPS) is 13.5. The molecule has 6 heteroatoms. The van der Waals surface area contributed by atoms with E-state index in [1.807, 2.05) is 11.8 Å². The molecule has 0 aromatic carbocycles. The number of rotatable bonds is 8. The first-order valence-electron chi connectivity index (χ1n) is 5.69. The maximum absolute atomic E-state index is 8.83. The van der Waals surface area contributed by atoms with Gasteiger partial charge in [0.15, 0.2) is 0 Å². The zero-order valence-corrected chi connectivity index (χ0v) is 13.7. The van der Waals surface area contributed by atoms with Gasteiger partial charge in [0.25, 0.3) is 0 Å². The van der Waals surface area contributed by atoms with Gasteiger partial charge in [-0.3, -0.25) is 0 Å². The highest BCUT2D eigenvalue weighted by Gasteiger charge is 2.30. The third-order valence-electron chi connectivity index (χ3n) is 2.54. The smallest absolute Gasteiger partial charge is 0.327 e. The second kappa shape index (κ2) is 7.34. The minimum atomic E-state index is -2.22. The molecule has 0 saturated heterocycles. The van der Waals surface area contributed by atoms with Gasteiger partial charge in [-0.15, -0.1) is 0 Å². The van der Waals surface area contributed by atoms with Crippen LogP contribution >= 0.6 is 20.4 Å². The number of hydrogen-bond donors (Lipinski definition) is 2. The minimum Gasteiger partial charge on any atom is -0.328 e. The highest BCUT2D eigenvalue weighted by Crippen LogP contribution is 2.38. The Kier molecular flexibility index (Phi) is 7.74. The fourth-order valence-electron chi connectivity index (χ4n) is 1.24. The maximum atomic E-state index is 8.83. The van der Waals surface area contributed by atoms with Gasteiger partial charge < -0.3 is 14.3 Å². The molecule has 0 aliphatic rings.